The van der Waals surface area contributed by atoms with Crippen LogP contribution in [0.1, 0.15) is 29.1 Å². The maximum atomic E-state index is 12.7. The van der Waals surface area contributed by atoms with Gasteiger partial charge in [0.2, 0.25) is 15.9 Å². The molecular formula is C22H22ClN3O3S2. The highest BCUT2D eigenvalue weighted by molar-refractivity contribution is 7.89. The van der Waals surface area contributed by atoms with Crippen molar-refractivity contribution in [3.63, 3.8) is 0 Å². The number of aromatic nitrogens is 1. The summed E-state index contributed by atoms with van der Waals surface area (Å²) in [4.78, 5) is 17.2. The van der Waals surface area contributed by atoms with Gasteiger partial charge in [-0.3, -0.25) is 4.79 Å². The first-order valence-electron chi connectivity index (χ1n) is 9.98. The van der Waals surface area contributed by atoms with Crippen LogP contribution in [-0.2, 0) is 27.7 Å². The quantitative estimate of drug-likeness (QED) is 0.550. The second-order valence-electron chi connectivity index (χ2n) is 7.40. The molecule has 0 radical (unpaired) electrons. The van der Waals surface area contributed by atoms with Gasteiger partial charge >= 0.3 is 0 Å². The predicted molar refractivity (Wildman–Crippen MR) is 123 cm³/mol. The zero-order valence-corrected chi connectivity index (χ0v) is 19.1. The summed E-state index contributed by atoms with van der Waals surface area (Å²) in [5.74, 6) is -0.240. The van der Waals surface area contributed by atoms with Crippen molar-refractivity contribution >= 4 is 44.6 Å². The number of hydrogen-bond acceptors (Lipinski definition) is 5. The highest BCUT2D eigenvalue weighted by atomic mass is 35.5. The van der Waals surface area contributed by atoms with E-state index < -0.39 is 10.0 Å². The van der Waals surface area contributed by atoms with Crippen molar-refractivity contribution in [3.8, 4) is 0 Å². The number of hydrogen-bond donors (Lipinski definition) is 1. The van der Waals surface area contributed by atoms with Crippen molar-refractivity contribution < 1.29 is 13.2 Å². The van der Waals surface area contributed by atoms with Gasteiger partial charge in [0.15, 0.2) is 0 Å². The molecule has 1 fully saturated rings. The summed E-state index contributed by atoms with van der Waals surface area (Å²) in [5.41, 5.74) is 2.20. The minimum Gasteiger partial charge on any atom is -0.326 e. The Bertz CT molecular complexity index is 1190. The van der Waals surface area contributed by atoms with Crippen LogP contribution >= 0.6 is 22.9 Å². The Morgan fingerprint density at radius 1 is 1.13 bits per heavy atom. The summed E-state index contributed by atoms with van der Waals surface area (Å²) in [6.07, 6.45) is 2.53. The molecule has 0 saturated carbocycles. The van der Waals surface area contributed by atoms with Crippen LogP contribution in [0.3, 0.4) is 0 Å². The number of halogens is 1. The first-order chi connectivity index (χ1) is 14.9. The maximum absolute atomic E-state index is 12.7. The van der Waals surface area contributed by atoms with Gasteiger partial charge in [0.25, 0.3) is 0 Å². The van der Waals surface area contributed by atoms with Gasteiger partial charge in [-0.2, -0.15) is 4.31 Å². The van der Waals surface area contributed by atoms with Crippen LogP contribution in [0.2, 0.25) is 5.02 Å². The van der Waals surface area contributed by atoms with Crippen LogP contribution in [0.15, 0.2) is 58.8 Å². The molecule has 0 spiro atoms. The van der Waals surface area contributed by atoms with Crippen LogP contribution in [0.25, 0.3) is 0 Å². The van der Waals surface area contributed by atoms with E-state index in [4.69, 9.17) is 11.6 Å². The van der Waals surface area contributed by atoms with Crippen LogP contribution < -0.4 is 5.32 Å². The van der Waals surface area contributed by atoms with Crippen molar-refractivity contribution in [2.24, 2.45) is 0 Å². The summed E-state index contributed by atoms with van der Waals surface area (Å²) in [6, 6.07) is 14.0. The zero-order valence-electron chi connectivity index (χ0n) is 16.8. The van der Waals surface area contributed by atoms with Crippen molar-refractivity contribution in [2.75, 3.05) is 18.4 Å². The Labute approximate surface area is 190 Å². The van der Waals surface area contributed by atoms with E-state index in [0.717, 1.165) is 23.4 Å². The number of sulfonamides is 1. The Morgan fingerprint density at radius 2 is 1.90 bits per heavy atom. The third-order valence-electron chi connectivity index (χ3n) is 5.01. The number of nitrogens with one attached hydrogen (secondary N) is 1. The van der Waals surface area contributed by atoms with Crippen LogP contribution in [-0.4, -0.2) is 36.7 Å². The van der Waals surface area contributed by atoms with Crippen LogP contribution in [0, 0.1) is 0 Å². The second kappa shape index (κ2) is 9.48. The molecule has 1 aliphatic rings. The van der Waals surface area contributed by atoms with Gasteiger partial charge in [-0.1, -0.05) is 29.8 Å². The number of carbonyl (C=O) groups excluding carboxylic acids is 1. The number of amides is 1. The first kappa shape index (κ1) is 22.0. The minimum absolute atomic E-state index is 0.120. The molecule has 31 heavy (non-hydrogen) atoms. The first-order valence-corrected chi connectivity index (χ1v) is 12.7. The van der Waals surface area contributed by atoms with E-state index in [1.165, 1.54) is 21.7 Å². The largest absolute Gasteiger partial charge is 0.326 e. The van der Waals surface area contributed by atoms with Crippen molar-refractivity contribution in [1.29, 1.82) is 0 Å². The normalized spacial score (nSPS) is 14.6. The number of nitrogens with zero attached hydrogens (tertiary/aromatic N) is 2. The molecule has 0 bridgehead atoms. The molecule has 2 aromatic carbocycles. The van der Waals surface area contributed by atoms with Crippen molar-refractivity contribution in [3.05, 3.63) is 75.2 Å². The maximum Gasteiger partial charge on any atom is 0.243 e. The van der Waals surface area contributed by atoms with Gasteiger partial charge in [0, 0.05) is 35.6 Å². The molecule has 4 rings (SSSR count). The molecule has 0 unspecified atom stereocenters. The Kier molecular flexibility index (Phi) is 6.71. The Hall–Kier alpha value is -2.26. The molecule has 0 atom stereocenters. The van der Waals surface area contributed by atoms with E-state index in [1.807, 2.05) is 29.6 Å². The SMILES string of the molecule is O=C(Cc1csc(Cc2cccc(Cl)c2)n1)Nc1cccc(S(=O)(=O)N2CCCC2)c1. The monoisotopic (exact) mass is 475 g/mol. The van der Waals surface area contributed by atoms with Gasteiger partial charge in [-0.25, -0.2) is 13.4 Å². The fourth-order valence-electron chi connectivity index (χ4n) is 3.51. The summed E-state index contributed by atoms with van der Waals surface area (Å²) < 4.78 is 27.0. The predicted octanol–water partition coefficient (Wildman–Crippen LogP) is 4.35. The fraction of sp³-hybridized carbons (Fsp3) is 0.273. The van der Waals surface area contributed by atoms with E-state index in [-0.39, 0.29) is 17.2 Å². The zero-order chi connectivity index (χ0) is 21.8. The van der Waals surface area contributed by atoms with Gasteiger partial charge in [-0.05, 0) is 48.7 Å². The fourth-order valence-corrected chi connectivity index (χ4v) is 6.12. The van der Waals surface area contributed by atoms with Gasteiger partial charge < -0.3 is 5.32 Å². The van der Waals surface area contributed by atoms with Crippen LogP contribution in [0.4, 0.5) is 5.69 Å². The lowest BCUT2D eigenvalue weighted by Crippen LogP contribution is -2.28. The molecule has 9 heteroatoms. The molecule has 162 valence electrons. The lowest BCUT2D eigenvalue weighted by Gasteiger charge is -2.16. The minimum atomic E-state index is -3.52. The average Bonchev–Trinajstić information content (AvgIpc) is 3.41. The van der Waals surface area contributed by atoms with Crippen molar-refractivity contribution in [1.82, 2.24) is 9.29 Å². The van der Waals surface area contributed by atoms with Gasteiger partial charge in [0.1, 0.15) is 0 Å². The molecule has 1 aliphatic heterocycles. The highest BCUT2D eigenvalue weighted by Crippen LogP contribution is 2.23. The molecule has 1 amide bonds. The molecule has 0 aliphatic carbocycles. The van der Waals surface area contributed by atoms with E-state index in [9.17, 15) is 13.2 Å². The molecule has 3 aromatic rings. The summed E-state index contributed by atoms with van der Waals surface area (Å²) >= 11 is 7.53. The molecule has 1 N–H and O–H groups in total. The third-order valence-corrected chi connectivity index (χ3v) is 8.03. The third kappa shape index (κ3) is 5.51. The summed E-state index contributed by atoms with van der Waals surface area (Å²) in [5, 5.41) is 6.24. The van der Waals surface area contributed by atoms with E-state index >= 15 is 0 Å². The molecule has 2 heterocycles. The average molecular weight is 476 g/mol. The molecule has 1 saturated heterocycles. The Morgan fingerprint density at radius 3 is 2.68 bits per heavy atom. The smallest absolute Gasteiger partial charge is 0.243 e. The van der Waals surface area contributed by atoms with Gasteiger partial charge in [0.05, 0.1) is 22.0 Å². The highest BCUT2D eigenvalue weighted by Gasteiger charge is 2.27. The summed E-state index contributed by atoms with van der Waals surface area (Å²) in [6.45, 7) is 1.08. The van der Waals surface area contributed by atoms with E-state index in [0.29, 0.717) is 35.9 Å². The van der Waals surface area contributed by atoms with Crippen LogP contribution in [0.5, 0.6) is 0 Å². The lowest BCUT2D eigenvalue weighted by molar-refractivity contribution is -0.115. The van der Waals surface area contributed by atoms with E-state index in [2.05, 4.69) is 10.3 Å². The Balaban J connectivity index is 1.39. The van der Waals surface area contributed by atoms with Gasteiger partial charge in [-0.15, -0.1) is 11.3 Å². The van der Waals surface area contributed by atoms with Crippen molar-refractivity contribution in [2.45, 2.75) is 30.6 Å². The molecule has 6 nitrogen and oxygen atoms in total. The summed E-state index contributed by atoms with van der Waals surface area (Å²) in [7, 11) is -3.52. The standard InChI is InChI=1S/C22H22ClN3O3S2/c23-17-6-3-5-16(11-17)12-22-25-19(15-30-22)14-21(27)24-18-7-4-8-20(13-18)31(28,29)26-9-1-2-10-26/h3-8,11,13,15H,1-2,9-10,12,14H2,(H,24,27). The topological polar surface area (TPSA) is 79.4 Å². The number of thiazole rings is 1. The number of benzene rings is 2. The lowest BCUT2D eigenvalue weighted by atomic mass is 10.2. The number of anilines is 1. The molecular weight excluding hydrogens is 454 g/mol. The number of rotatable bonds is 7. The van der Waals surface area contributed by atoms with E-state index in [1.54, 1.807) is 18.2 Å². The molecule has 1 aromatic heterocycles. The second-order valence-corrected chi connectivity index (χ2v) is 10.7. The number of carbonyl (C=O) groups is 1.